The Kier molecular flexibility index (Phi) is 3.29. The second-order valence-corrected chi connectivity index (χ2v) is 5.30. The molecule has 0 unspecified atom stereocenters. The van der Waals surface area contributed by atoms with Crippen LogP contribution in [0, 0.1) is 13.8 Å². The fraction of sp³-hybridized carbons (Fsp3) is 0.235. The lowest BCUT2D eigenvalue weighted by Gasteiger charge is -2.24. The standard InChI is InChI=1S/C17H16O4/c1-10-3-5-14-12(7-10)9-13-8-11(2)4-6-15(13)21-17(20-14)16(18)19/h3-8,17H,9H2,1-2H3,(H,18,19). The Morgan fingerprint density at radius 3 is 1.90 bits per heavy atom. The van der Waals surface area contributed by atoms with Crippen molar-refractivity contribution in [2.24, 2.45) is 0 Å². The molecule has 2 aromatic carbocycles. The fourth-order valence-electron chi connectivity index (χ4n) is 2.48. The summed E-state index contributed by atoms with van der Waals surface area (Å²) in [5.41, 5.74) is 4.16. The molecule has 3 rings (SSSR count). The van der Waals surface area contributed by atoms with E-state index in [1.165, 1.54) is 0 Å². The number of ether oxygens (including phenoxy) is 2. The third-order valence-corrected chi connectivity index (χ3v) is 3.48. The van der Waals surface area contributed by atoms with Gasteiger partial charge in [0.2, 0.25) is 0 Å². The molecular formula is C17H16O4. The van der Waals surface area contributed by atoms with Crippen LogP contribution in [-0.4, -0.2) is 17.4 Å². The van der Waals surface area contributed by atoms with Gasteiger partial charge in [0.05, 0.1) is 0 Å². The predicted molar refractivity (Wildman–Crippen MR) is 77.8 cm³/mol. The molecule has 0 amide bonds. The Bertz CT molecular complexity index is 652. The molecule has 0 aromatic heterocycles. The van der Waals surface area contributed by atoms with Crippen LogP contribution in [0.5, 0.6) is 11.5 Å². The minimum atomic E-state index is -1.34. The van der Waals surface area contributed by atoms with E-state index in [9.17, 15) is 9.90 Å². The highest BCUT2D eigenvalue weighted by molar-refractivity contribution is 5.72. The molecule has 4 heteroatoms. The molecule has 0 atom stereocenters. The first-order valence-corrected chi connectivity index (χ1v) is 6.78. The molecule has 0 bridgehead atoms. The number of carbonyl (C=O) groups is 1. The molecule has 0 radical (unpaired) electrons. The summed E-state index contributed by atoms with van der Waals surface area (Å²) >= 11 is 0. The van der Waals surface area contributed by atoms with Crippen molar-refractivity contribution in [1.29, 1.82) is 0 Å². The number of fused-ring (bicyclic) bond motifs is 2. The van der Waals surface area contributed by atoms with Crippen LogP contribution in [0.2, 0.25) is 0 Å². The van der Waals surface area contributed by atoms with Gasteiger partial charge in [-0.25, -0.2) is 4.79 Å². The molecule has 0 aliphatic carbocycles. The number of rotatable bonds is 1. The molecule has 1 aliphatic rings. The van der Waals surface area contributed by atoms with Gasteiger partial charge in [-0.2, -0.15) is 0 Å². The average Bonchev–Trinajstić information content (AvgIpc) is 2.40. The third-order valence-electron chi connectivity index (χ3n) is 3.48. The summed E-state index contributed by atoms with van der Waals surface area (Å²) < 4.78 is 11.0. The van der Waals surface area contributed by atoms with Gasteiger partial charge in [0, 0.05) is 6.42 Å². The summed E-state index contributed by atoms with van der Waals surface area (Å²) in [6, 6.07) is 11.4. The van der Waals surface area contributed by atoms with Crippen molar-refractivity contribution in [2.75, 3.05) is 0 Å². The zero-order valence-corrected chi connectivity index (χ0v) is 11.9. The molecule has 0 saturated carbocycles. The maximum absolute atomic E-state index is 11.3. The SMILES string of the molecule is Cc1ccc2c(c1)Cc1cc(C)ccc1OC(C(=O)O)O2. The van der Waals surface area contributed by atoms with Crippen molar-refractivity contribution < 1.29 is 19.4 Å². The van der Waals surface area contributed by atoms with E-state index < -0.39 is 12.3 Å². The van der Waals surface area contributed by atoms with E-state index in [0.717, 1.165) is 22.3 Å². The van der Waals surface area contributed by atoms with Crippen LogP contribution in [0.15, 0.2) is 36.4 Å². The van der Waals surface area contributed by atoms with Crippen LogP contribution in [0.4, 0.5) is 0 Å². The van der Waals surface area contributed by atoms with Crippen LogP contribution >= 0.6 is 0 Å². The van der Waals surface area contributed by atoms with E-state index in [2.05, 4.69) is 0 Å². The van der Waals surface area contributed by atoms with E-state index >= 15 is 0 Å². The van der Waals surface area contributed by atoms with Gasteiger partial charge < -0.3 is 14.6 Å². The van der Waals surface area contributed by atoms with E-state index in [4.69, 9.17) is 9.47 Å². The minimum Gasteiger partial charge on any atom is -0.476 e. The smallest absolute Gasteiger partial charge is 0.387 e. The second-order valence-electron chi connectivity index (χ2n) is 5.30. The lowest BCUT2D eigenvalue weighted by Crippen LogP contribution is -2.34. The van der Waals surface area contributed by atoms with Crippen LogP contribution in [0.25, 0.3) is 0 Å². The number of aliphatic carboxylic acids is 1. The number of carboxylic acids is 1. The van der Waals surface area contributed by atoms with E-state index in [1.807, 2.05) is 38.1 Å². The van der Waals surface area contributed by atoms with Crippen LogP contribution in [0.3, 0.4) is 0 Å². The fourth-order valence-corrected chi connectivity index (χ4v) is 2.48. The normalized spacial score (nSPS) is 14.0. The molecule has 1 aliphatic heterocycles. The Morgan fingerprint density at radius 1 is 1.00 bits per heavy atom. The number of hydrogen-bond acceptors (Lipinski definition) is 3. The van der Waals surface area contributed by atoms with Gasteiger partial charge >= 0.3 is 12.3 Å². The first-order chi connectivity index (χ1) is 10.0. The average molecular weight is 284 g/mol. The maximum Gasteiger partial charge on any atom is 0.387 e. The molecule has 4 nitrogen and oxygen atoms in total. The quantitative estimate of drug-likeness (QED) is 0.874. The van der Waals surface area contributed by atoms with Crippen LogP contribution in [0.1, 0.15) is 22.3 Å². The Labute approximate surface area is 122 Å². The summed E-state index contributed by atoms with van der Waals surface area (Å²) in [4.78, 5) is 11.3. The third kappa shape index (κ3) is 2.70. The van der Waals surface area contributed by atoms with Gasteiger partial charge in [-0.15, -0.1) is 0 Å². The molecule has 0 saturated heterocycles. The monoisotopic (exact) mass is 284 g/mol. The largest absolute Gasteiger partial charge is 0.476 e. The number of aryl methyl sites for hydroxylation is 2. The van der Waals surface area contributed by atoms with Gasteiger partial charge in [0.25, 0.3) is 0 Å². The zero-order chi connectivity index (χ0) is 15.0. The minimum absolute atomic E-state index is 0.556. The highest BCUT2D eigenvalue weighted by Crippen LogP contribution is 2.32. The predicted octanol–water partition coefficient (Wildman–Crippen LogP) is 3.08. The van der Waals surface area contributed by atoms with Crippen LogP contribution in [-0.2, 0) is 11.2 Å². The van der Waals surface area contributed by atoms with Gasteiger partial charge in [-0.05, 0) is 37.1 Å². The van der Waals surface area contributed by atoms with Crippen molar-refractivity contribution >= 4 is 5.97 Å². The number of hydrogen-bond donors (Lipinski definition) is 1. The van der Waals surface area contributed by atoms with Crippen LogP contribution < -0.4 is 9.47 Å². The Morgan fingerprint density at radius 2 is 1.48 bits per heavy atom. The molecule has 1 heterocycles. The first-order valence-electron chi connectivity index (χ1n) is 6.78. The molecule has 108 valence electrons. The summed E-state index contributed by atoms with van der Waals surface area (Å²) in [5.74, 6) is -0.0322. The van der Waals surface area contributed by atoms with Gasteiger partial charge in [-0.3, -0.25) is 0 Å². The lowest BCUT2D eigenvalue weighted by molar-refractivity contribution is -0.158. The molecule has 0 fully saturated rings. The van der Waals surface area contributed by atoms with Crippen molar-refractivity contribution in [2.45, 2.75) is 26.6 Å². The highest BCUT2D eigenvalue weighted by Gasteiger charge is 2.26. The van der Waals surface area contributed by atoms with Gasteiger partial charge in [-0.1, -0.05) is 35.4 Å². The molecule has 0 spiro atoms. The Hall–Kier alpha value is -2.49. The van der Waals surface area contributed by atoms with Gasteiger partial charge in [0.15, 0.2) is 0 Å². The molecule has 2 aromatic rings. The summed E-state index contributed by atoms with van der Waals surface area (Å²) in [6.07, 6.45) is -0.686. The zero-order valence-electron chi connectivity index (χ0n) is 11.9. The van der Waals surface area contributed by atoms with Gasteiger partial charge in [0.1, 0.15) is 11.5 Å². The van der Waals surface area contributed by atoms with E-state index in [0.29, 0.717) is 17.9 Å². The Balaban J connectivity index is 2.13. The molecule has 1 N–H and O–H groups in total. The summed E-state index contributed by atoms with van der Waals surface area (Å²) in [7, 11) is 0. The highest BCUT2D eigenvalue weighted by atomic mass is 16.7. The number of benzene rings is 2. The maximum atomic E-state index is 11.3. The second kappa shape index (κ2) is 5.13. The number of carboxylic acid groups (broad SMARTS) is 1. The lowest BCUT2D eigenvalue weighted by atomic mass is 9.99. The topological polar surface area (TPSA) is 55.8 Å². The van der Waals surface area contributed by atoms with Crippen molar-refractivity contribution in [3.8, 4) is 11.5 Å². The summed E-state index contributed by atoms with van der Waals surface area (Å²) in [6.45, 7) is 4.00. The van der Waals surface area contributed by atoms with Crippen molar-refractivity contribution in [3.63, 3.8) is 0 Å². The van der Waals surface area contributed by atoms with Crippen molar-refractivity contribution in [1.82, 2.24) is 0 Å². The summed E-state index contributed by atoms with van der Waals surface area (Å²) in [5, 5.41) is 9.27. The first kappa shape index (κ1) is 13.5. The van der Waals surface area contributed by atoms with E-state index in [1.54, 1.807) is 12.1 Å². The van der Waals surface area contributed by atoms with Crippen molar-refractivity contribution in [3.05, 3.63) is 58.7 Å². The molecule has 21 heavy (non-hydrogen) atoms. The van der Waals surface area contributed by atoms with E-state index in [-0.39, 0.29) is 0 Å². The molecular weight excluding hydrogens is 268 g/mol.